The second kappa shape index (κ2) is 6.01. The summed E-state index contributed by atoms with van der Waals surface area (Å²) in [6.07, 6.45) is 0. The molecule has 0 amide bonds. The lowest BCUT2D eigenvalue weighted by molar-refractivity contribution is 0.324. The SMILES string of the molecule is COc1cc(-c2nc3cc(Cl)ccc3n2C)cc(OC)c1OC. The number of aromatic nitrogens is 2. The molecule has 0 unspecified atom stereocenters. The maximum absolute atomic E-state index is 6.06. The molecule has 0 radical (unpaired) electrons. The van der Waals surface area contributed by atoms with Crippen LogP contribution in [0.1, 0.15) is 0 Å². The molecule has 0 bridgehead atoms. The minimum Gasteiger partial charge on any atom is -0.493 e. The Morgan fingerprint density at radius 1 is 0.957 bits per heavy atom. The molecule has 0 saturated heterocycles. The minimum absolute atomic E-state index is 0.556. The van der Waals surface area contributed by atoms with E-state index < -0.39 is 0 Å². The molecule has 0 saturated carbocycles. The Labute approximate surface area is 139 Å². The van der Waals surface area contributed by atoms with Gasteiger partial charge >= 0.3 is 0 Å². The third kappa shape index (κ3) is 2.57. The smallest absolute Gasteiger partial charge is 0.203 e. The molecule has 0 spiro atoms. The number of fused-ring (bicyclic) bond motifs is 1. The quantitative estimate of drug-likeness (QED) is 0.726. The predicted molar refractivity (Wildman–Crippen MR) is 90.8 cm³/mol. The molecule has 1 aromatic heterocycles. The molecule has 0 aliphatic heterocycles. The number of benzene rings is 2. The van der Waals surface area contributed by atoms with Gasteiger partial charge in [-0.3, -0.25) is 0 Å². The third-order valence-electron chi connectivity index (χ3n) is 3.77. The molecule has 0 atom stereocenters. The van der Waals surface area contributed by atoms with Gasteiger partial charge in [-0.25, -0.2) is 4.98 Å². The van der Waals surface area contributed by atoms with Crippen LogP contribution in [0.4, 0.5) is 0 Å². The van der Waals surface area contributed by atoms with Crippen LogP contribution in [0.25, 0.3) is 22.4 Å². The normalized spacial score (nSPS) is 10.8. The number of imidazole rings is 1. The molecule has 5 nitrogen and oxygen atoms in total. The first-order chi connectivity index (χ1) is 11.1. The Kier molecular flexibility index (Phi) is 4.05. The van der Waals surface area contributed by atoms with Crippen LogP contribution in [0.2, 0.25) is 5.02 Å². The van der Waals surface area contributed by atoms with Crippen LogP contribution in [0.3, 0.4) is 0 Å². The molecule has 2 aromatic carbocycles. The van der Waals surface area contributed by atoms with E-state index in [1.54, 1.807) is 21.3 Å². The summed E-state index contributed by atoms with van der Waals surface area (Å²) < 4.78 is 18.2. The summed E-state index contributed by atoms with van der Waals surface area (Å²) in [6.45, 7) is 0. The molecule has 3 rings (SSSR count). The van der Waals surface area contributed by atoms with Crippen molar-refractivity contribution in [1.82, 2.24) is 9.55 Å². The van der Waals surface area contributed by atoms with Crippen LogP contribution in [0.5, 0.6) is 17.2 Å². The topological polar surface area (TPSA) is 45.5 Å². The number of ether oxygens (including phenoxy) is 3. The highest BCUT2D eigenvalue weighted by Crippen LogP contribution is 2.41. The van der Waals surface area contributed by atoms with Gasteiger partial charge in [0.15, 0.2) is 11.5 Å². The van der Waals surface area contributed by atoms with Crippen LogP contribution >= 0.6 is 11.6 Å². The fourth-order valence-corrected chi connectivity index (χ4v) is 2.81. The van der Waals surface area contributed by atoms with Gasteiger partial charge < -0.3 is 18.8 Å². The Morgan fingerprint density at radius 3 is 2.17 bits per heavy atom. The van der Waals surface area contributed by atoms with Crippen molar-refractivity contribution in [2.75, 3.05) is 21.3 Å². The highest BCUT2D eigenvalue weighted by molar-refractivity contribution is 6.31. The zero-order chi connectivity index (χ0) is 16.6. The summed E-state index contributed by atoms with van der Waals surface area (Å²) >= 11 is 6.06. The van der Waals surface area contributed by atoms with Gasteiger partial charge in [-0.15, -0.1) is 0 Å². The largest absolute Gasteiger partial charge is 0.493 e. The Hall–Kier alpha value is -2.40. The standard InChI is InChI=1S/C17H17ClN2O3/c1-20-13-6-5-11(18)9-12(13)19-17(20)10-7-14(21-2)16(23-4)15(8-10)22-3/h5-9H,1-4H3. The van der Waals surface area contributed by atoms with Gasteiger partial charge in [0.05, 0.1) is 32.4 Å². The van der Waals surface area contributed by atoms with Gasteiger partial charge in [-0.05, 0) is 30.3 Å². The number of methoxy groups -OCH3 is 3. The third-order valence-corrected chi connectivity index (χ3v) is 4.00. The van der Waals surface area contributed by atoms with E-state index in [4.69, 9.17) is 25.8 Å². The molecule has 0 N–H and O–H groups in total. The minimum atomic E-state index is 0.556. The Bertz CT molecular complexity index is 849. The van der Waals surface area contributed by atoms with E-state index in [1.165, 1.54) is 0 Å². The van der Waals surface area contributed by atoms with Crippen LogP contribution in [-0.2, 0) is 7.05 Å². The first-order valence-electron chi connectivity index (χ1n) is 7.01. The maximum Gasteiger partial charge on any atom is 0.203 e. The zero-order valence-corrected chi connectivity index (χ0v) is 14.1. The summed E-state index contributed by atoms with van der Waals surface area (Å²) in [7, 11) is 6.73. The van der Waals surface area contributed by atoms with Gasteiger partial charge in [-0.1, -0.05) is 11.6 Å². The summed E-state index contributed by atoms with van der Waals surface area (Å²) in [5.74, 6) is 2.53. The van der Waals surface area contributed by atoms with Gasteiger partial charge in [-0.2, -0.15) is 0 Å². The maximum atomic E-state index is 6.06. The number of nitrogens with zero attached hydrogens (tertiary/aromatic N) is 2. The zero-order valence-electron chi connectivity index (χ0n) is 13.4. The fourth-order valence-electron chi connectivity index (χ4n) is 2.64. The molecule has 0 aliphatic rings. The summed E-state index contributed by atoms with van der Waals surface area (Å²) in [5.41, 5.74) is 2.70. The number of hydrogen-bond acceptors (Lipinski definition) is 4. The monoisotopic (exact) mass is 332 g/mol. The van der Waals surface area contributed by atoms with E-state index in [2.05, 4.69) is 4.98 Å². The Morgan fingerprint density at radius 2 is 1.61 bits per heavy atom. The molecule has 1 heterocycles. The lowest BCUT2D eigenvalue weighted by Crippen LogP contribution is -1.98. The molecule has 0 aliphatic carbocycles. The molecule has 0 fully saturated rings. The number of rotatable bonds is 4. The molecule has 23 heavy (non-hydrogen) atoms. The first kappa shape index (κ1) is 15.5. The lowest BCUT2D eigenvalue weighted by atomic mass is 10.1. The number of aryl methyl sites for hydroxylation is 1. The molecular formula is C17H17ClN2O3. The molecular weight excluding hydrogens is 316 g/mol. The lowest BCUT2D eigenvalue weighted by Gasteiger charge is -2.14. The second-order valence-electron chi connectivity index (χ2n) is 5.04. The van der Waals surface area contributed by atoms with Gasteiger partial charge in [0, 0.05) is 17.6 Å². The van der Waals surface area contributed by atoms with Crippen LogP contribution in [-0.4, -0.2) is 30.9 Å². The molecule has 6 heteroatoms. The first-order valence-corrected chi connectivity index (χ1v) is 7.39. The van der Waals surface area contributed by atoms with E-state index in [0.717, 1.165) is 22.4 Å². The van der Waals surface area contributed by atoms with Crippen LogP contribution in [0.15, 0.2) is 30.3 Å². The summed E-state index contributed by atoms with van der Waals surface area (Å²) in [6, 6.07) is 9.41. The van der Waals surface area contributed by atoms with Crippen molar-refractivity contribution in [1.29, 1.82) is 0 Å². The second-order valence-corrected chi connectivity index (χ2v) is 5.48. The van der Waals surface area contributed by atoms with E-state index in [-0.39, 0.29) is 0 Å². The van der Waals surface area contributed by atoms with E-state index in [1.807, 2.05) is 41.9 Å². The van der Waals surface area contributed by atoms with Crippen LogP contribution < -0.4 is 14.2 Å². The van der Waals surface area contributed by atoms with E-state index in [9.17, 15) is 0 Å². The average Bonchev–Trinajstić information content (AvgIpc) is 2.89. The van der Waals surface area contributed by atoms with E-state index in [0.29, 0.717) is 22.3 Å². The summed E-state index contributed by atoms with van der Waals surface area (Å²) in [5, 5.41) is 0.659. The van der Waals surface area contributed by atoms with Gasteiger partial charge in [0.25, 0.3) is 0 Å². The highest BCUT2D eigenvalue weighted by atomic mass is 35.5. The average molecular weight is 333 g/mol. The van der Waals surface area contributed by atoms with Crippen molar-refractivity contribution >= 4 is 22.6 Å². The van der Waals surface area contributed by atoms with Gasteiger partial charge in [0.1, 0.15) is 5.82 Å². The van der Waals surface area contributed by atoms with Crippen molar-refractivity contribution in [3.05, 3.63) is 35.4 Å². The van der Waals surface area contributed by atoms with Crippen molar-refractivity contribution in [2.45, 2.75) is 0 Å². The van der Waals surface area contributed by atoms with Crippen LogP contribution in [0, 0.1) is 0 Å². The fraction of sp³-hybridized carbons (Fsp3) is 0.235. The van der Waals surface area contributed by atoms with Crippen molar-refractivity contribution < 1.29 is 14.2 Å². The van der Waals surface area contributed by atoms with Crippen molar-refractivity contribution in [3.8, 4) is 28.6 Å². The van der Waals surface area contributed by atoms with E-state index >= 15 is 0 Å². The summed E-state index contributed by atoms with van der Waals surface area (Å²) in [4.78, 5) is 4.68. The Balaban J connectivity index is 2.24. The number of halogens is 1. The van der Waals surface area contributed by atoms with Gasteiger partial charge in [0.2, 0.25) is 5.75 Å². The molecule has 120 valence electrons. The highest BCUT2D eigenvalue weighted by Gasteiger charge is 2.17. The predicted octanol–water partition coefficient (Wildman–Crippen LogP) is 3.92. The number of hydrogen-bond donors (Lipinski definition) is 0. The van der Waals surface area contributed by atoms with Crippen molar-refractivity contribution in [2.24, 2.45) is 7.05 Å². The molecule has 3 aromatic rings. The van der Waals surface area contributed by atoms with Crippen molar-refractivity contribution in [3.63, 3.8) is 0 Å².